The van der Waals surface area contributed by atoms with E-state index < -0.39 is 0 Å². The van der Waals surface area contributed by atoms with Gasteiger partial charge in [-0.2, -0.15) is 0 Å². The summed E-state index contributed by atoms with van der Waals surface area (Å²) in [5.41, 5.74) is 1.26. The molecule has 6 nitrogen and oxygen atoms in total. The Morgan fingerprint density at radius 2 is 2.00 bits per heavy atom. The maximum Gasteiger partial charge on any atom is 0.192 e. The summed E-state index contributed by atoms with van der Waals surface area (Å²) in [5.74, 6) is 1.80. The Bertz CT molecular complexity index is 1130. The van der Waals surface area contributed by atoms with Gasteiger partial charge in [-0.25, -0.2) is 4.99 Å². The molecule has 0 saturated carbocycles. The highest BCUT2D eigenvalue weighted by Crippen LogP contribution is 2.24. The molecule has 0 aliphatic rings. The summed E-state index contributed by atoms with van der Waals surface area (Å²) < 4.78 is 2.08. The highest BCUT2D eigenvalue weighted by molar-refractivity contribution is 7.09. The molecule has 0 saturated heterocycles. The average Bonchev–Trinajstić information content (AvgIpc) is 3.48. The molecule has 0 bridgehead atoms. The zero-order chi connectivity index (χ0) is 21.5. The number of hydrogen-bond donors (Lipinski definition) is 2. The van der Waals surface area contributed by atoms with Gasteiger partial charge < -0.3 is 15.2 Å². The van der Waals surface area contributed by atoms with Gasteiger partial charge in [0.15, 0.2) is 5.96 Å². The molecule has 160 valence electrons. The number of benzene rings is 2. The number of aliphatic imine (C=N–C) groups is 1. The summed E-state index contributed by atoms with van der Waals surface area (Å²) in [6.45, 7) is 6.46. The van der Waals surface area contributed by atoms with Crippen molar-refractivity contribution in [2.45, 2.75) is 39.4 Å². The second kappa shape index (κ2) is 10.2. The van der Waals surface area contributed by atoms with Crippen LogP contribution in [0.25, 0.3) is 10.8 Å². The monoisotopic (exact) mass is 432 g/mol. The van der Waals surface area contributed by atoms with Crippen molar-refractivity contribution < 1.29 is 0 Å². The summed E-state index contributed by atoms with van der Waals surface area (Å²) in [5, 5.41) is 19.9. The first-order chi connectivity index (χ1) is 15.2. The molecule has 0 amide bonds. The van der Waals surface area contributed by atoms with E-state index in [9.17, 15) is 0 Å². The standard InChI is InChI=1S/C24H28N6S/c1-3-23-29-27-17-30(23)14-13-25-24(26-16-20-10-7-15-31-20)28-18(2)21-12-6-9-19-8-4-5-11-22(19)21/h4-12,15,17-18H,3,13-14,16H2,1-2H3,(H2,25,26,28). The van der Waals surface area contributed by atoms with E-state index in [2.05, 4.69) is 99.2 Å². The number of hydrogen-bond acceptors (Lipinski definition) is 4. The number of guanidine groups is 1. The van der Waals surface area contributed by atoms with Crippen LogP contribution in [0.3, 0.4) is 0 Å². The molecule has 0 fully saturated rings. The zero-order valence-electron chi connectivity index (χ0n) is 18.0. The number of fused-ring (bicyclic) bond motifs is 1. The summed E-state index contributed by atoms with van der Waals surface area (Å²) in [7, 11) is 0. The fourth-order valence-corrected chi connectivity index (χ4v) is 4.29. The predicted molar refractivity (Wildman–Crippen MR) is 128 cm³/mol. The van der Waals surface area contributed by atoms with Crippen molar-refractivity contribution in [1.29, 1.82) is 0 Å². The van der Waals surface area contributed by atoms with E-state index in [-0.39, 0.29) is 6.04 Å². The third kappa shape index (κ3) is 5.30. The van der Waals surface area contributed by atoms with Crippen LogP contribution in [0.15, 0.2) is 71.3 Å². The Balaban J connectivity index is 1.48. The topological polar surface area (TPSA) is 67.1 Å². The number of nitrogens with one attached hydrogen (secondary N) is 2. The van der Waals surface area contributed by atoms with E-state index in [0.29, 0.717) is 6.54 Å². The molecule has 2 aromatic carbocycles. The van der Waals surface area contributed by atoms with Gasteiger partial charge in [0, 0.05) is 24.4 Å². The summed E-state index contributed by atoms with van der Waals surface area (Å²) >= 11 is 1.73. The highest BCUT2D eigenvalue weighted by atomic mass is 32.1. The molecule has 4 aromatic rings. The van der Waals surface area contributed by atoms with Gasteiger partial charge in [0.25, 0.3) is 0 Å². The molecule has 2 N–H and O–H groups in total. The second-order valence-electron chi connectivity index (χ2n) is 7.40. The van der Waals surface area contributed by atoms with E-state index >= 15 is 0 Å². The fraction of sp³-hybridized carbons (Fsp3) is 0.292. The number of aryl methyl sites for hydroxylation is 1. The molecule has 2 heterocycles. The van der Waals surface area contributed by atoms with E-state index in [1.807, 2.05) is 0 Å². The Morgan fingerprint density at radius 1 is 1.13 bits per heavy atom. The highest BCUT2D eigenvalue weighted by Gasteiger charge is 2.11. The minimum atomic E-state index is 0.113. The molecule has 1 unspecified atom stereocenters. The Hall–Kier alpha value is -3.19. The quantitative estimate of drug-likeness (QED) is 0.317. The maximum atomic E-state index is 4.84. The summed E-state index contributed by atoms with van der Waals surface area (Å²) in [4.78, 5) is 6.08. The van der Waals surface area contributed by atoms with Crippen LogP contribution >= 0.6 is 11.3 Å². The van der Waals surface area contributed by atoms with E-state index in [1.165, 1.54) is 21.2 Å². The van der Waals surface area contributed by atoms with Crippen molar-refractivity contribution in [3.63, 3.8) is 0 Å². The SMILES string of the molecule is CCc1nncn1CCNC(=NCc1cccs1)NC(C)c1cccc2ccccc12. The summed E-state index contributed by atoms with van der Waals surface area (Å²) in [6.07, 6.45) is 2.66. The lowest BCUT2D eigenvalue weighted by atomic mass is 10.00. The van der Waals surface area contributed by atoms with Gasteiger partial charge in [0.1, 0.15) is 12.2 Å². The predicted octanol–water partition coefficient (Wildman–Crippen LogP) is 4.55. The van der Waals surface area contributed by atoms with Gasteiger partial charge in [-0.1, -0.05) is 55.5 Å². The molecular weight excluding hydrogens is 404 g/mol. The van der Waals surface area contributed by atoms with Crippen molar-refractivity contribution in [2.75, 3.05) is 6.54 Å². The minimum absolute atomic E-state index is 0.113. The summed E-state index contributed by atoms with van der Waals surface area (Å²) in [6, 6.07) is 19.2. The Labute approximate surface area is 187 Å². The lowest BCUT2D eigenvalue weighted by Crippen LogP contribution is -2.40. The Morgan fingerprint density at radius 3 is 2.84 bits per heavy atom. The van der Waals surface area contributed by atoms with Crippen molar-refractivity contribution in [1.82, 2.24) is 25.4 Å². The first-order valence-corrected chi connectivity index (χ1v) is 11.5. The van der Waals surface area contributed by atoms with Gasteiger partial charge in [0.05, 0.1) is 12.6 Å². The number of thiophene rings is 1. The van der Waals surface area contributed by atoms with Gasteiger partial charge >= 0.3 is 0 Å². The van der Waals surface area contributed by atoms with Crippen molar-refractivity contribution in [3.8, 4) is 0 Å². The van der Waals surface area contributed by atoms with Gasteiger partial charge in [-0.3, -0.25) is 0 Å². The van der Waals surface area contributed by atoms with Crippen LogP contribution in [0, 0.1) is 0 Å². The molecule has 0 radical (unpaired) electrons. The van der Waals surface area contributed by atoms with Crippen molar-refractivity contribution in [3.05, 3.63) is 82.6 Å². The van der Waals surface area contributed by atoms with E-state index in [1.54, 1.807) is 17.7 Å². The molecule has 4 rings (SSSR count). The normalized spacial score (nSPS) is 12.8. The molecule has 0 spiro atoms. The minimum Gasteiger partial charge on any atom is -0.355 e. The van der Waals surface area contributed by atoms with Crippen LogP contribution < -0.4 is 10.6 Å². The van der Waals surface area contributed by atoms with Crippen LogP contribution in [-0.2, 0) is 19.5 Å². The third-order valence-corrected chi connectivity index (χ3v) is 6.13. The first-order valence-electron chi connectivity index (χ1n) is 10.7. The van der Waals surface area contributed by atoms with Crippen LogP contribution in [0.4, 0.5) is 0 Å². The number of rotatable bonds is 8. The molecular formula is C24H28N6S. The molecule has 7 heteroatoms. The van der Waals surface area contributed by atoms with E-state index in [0.717, 1.165) is 31.3 Å². The van der Waals surface area contributed by atoms with Crippen LogP contribution in [0.2, 0.25) is 0 Å². The average molecular weight is 433 g/mol. The van der Waals surface area contributed by atoms with Crippen LogP contribution in [0.5, 0.6) is 0 Å². The largest absolute Gasteiger partial charge is 0.355 e. The van der Waals surface area contributed by atoms with Crippen molar-refractivity contribution in [2.24, 2.45) is 4.99 Å². The number of nitrogens with zero attached hydrogens (tertiary/aromatic N) is 4. The molecule has 2 aromatic heterocycles. The third-order valence-electron chi connectivity index (χ3n) is 5.27. The molecule has 31 heavy (non-hydrogen) atoms. The molecule has 0 aliphatic carbocycles. The first kappa shape index (κ1) is 21.1. The van der Waals surface area contributed by atoms with Gasteiger partial charge in [-0.05, 0) is 34.7 Å². The zero-order valence-corrected chi connectivity index (χ0v) is 18.8. The molecule has 1 atom stereocenters. The van der Waals surface area contributed by atoms with Crippen LogP contribution in [-0.4, -0.2) is 27.3 Å². The van der Waals surface area contributed by atoms with Gasteiger partial charge in [0.2, 0.25) is 0 Å². The van der Waals surface area contributed by atoms with E-state index in [4.69, 9.17) is 4.99 Å². The van der Waals surface area contributed by atoms with Crippen molar-refractivity contribution >= 4 is 28.1 Å². The second-order valence-corrected chi connectivity index (χ2v) is 8.43. The lowest BCUT2D eigenvalue weighted by Gasteiger charge is -2.20. The lowest BCUT2D eigenvalue weighted by molar-refractivity contribution is 0.620. The van der Waals surface area contributed by atoms with Gasteiger partial charge in [-0.15, -0.1) is 21.5 Å². The fourth-order valence-electron chi connectivity index (χ4n) is 3.66. The number of aromatic nitrogens is 3. The molecule has 0 aliphatic heterocycles. The maximum absolute atomic E-state index is 4.84. The van der Waals surface area contributed by atoms with Crippen LogP contribution in [0.1, 0.15) is 36.2 Å². The smallest absolute Gasteiger partial charge is 0.192 e. The Kier molecular flexibility index (Phi) is 6.94.